The lowest BCUT2D eigenvalue weighted by Crippen LogP contribution is -2.40. The molecule has 2 unspecified atom stereocenters. The molecular weight excluding hydrogens is 887 g/mol. The zero-order chi connectivity index (χ0) is 52.0. The van der Waals surface area contributed by atoms with Crippen LogP contribution in [0.25, 0.3) is 0 Å². The van der Waals surface area contributed by atoms with Crippen molar-refractivity contribution in [1.29, 1.82) is 0 Å². The number of hydrogen-bond acceptors (Lipinski definition) is 7. The molecule has 0 aliphatic carbocycles. The molecule has 0 radical (unpaired) electrons. The lowest BCUT2D eigenvalue weighted by Gasteiger charge is -2.25. The van der Waals surface area contributed by atoms with E-state index in [0.717, 1.165) is 57.8 Å². The topological polar surface area (TPSA) is 108 Å². The molecule has 9 nitrogen and oxygen atoms in total. The number of ether oxygens (including phenoxy) is 4. The van der Waals surface area contributed by atoms with E-state index < -0.39 is 24.3 Å². The van der Waals surface area contributed by atoms with Crippen LogP contribution in [0.5, 0.6) is 0 Å². The summed E-state index contributed by atoms with van der Waals surface area (Å²) in [6, 6.07) is 0. The van der Waals surface area contributed by atoms with Gasteiger partial charge >= 0.3 is 17.9 Å². The number of aliphatic carboxylic acids is 1. The predicted molar refractivity (Wildman–Crippen MR) is 300 cm³/mol. The Bertz CT molecular complexity index is 1300. The summed E-state index contributed by atoms with van der Waals surface area (Å²) in [6.07, 6.45) is 63.3. The summed E-state index contributed by atoms with van der Waals surface area (Å²) in [5, 5.41) is 9.70. The molecule has 414 valence electrons. The second kappa shape index (κ2) is 53.5. The minimum atomic E-state index is -1.51. The molecule has 71 heavy (non-hydrogen) atoms. The maximum absolute atomic E-state index is 12.9. The van der Waals surface area contributed by atoms with Crippen molar-refractivity contribution in [3.63, 3.8) is 0 Å². The van der Waals surface area contributed by atoms with Gasteiger partial charge in [0.2, 0.25) is 0 Å². The van der Waals surface area contributed by atoms with E-state index in [1.54, 1.807) is 0 Å². The quantitative estimate of drug-likeness (QED) is 0.0211. The van der Waals surface area contributed by atoms with Crippen molar-refractivity contribution in [2.24, 2.45) is 0 Å². The van der Waals surface area contributed by atoms with Crippen LogP contribution in [0.3, 0.4) is 0 Å². The second-order valence-corrected chi connectivity index (χ2v) is 21.3. The monoisotopic (exact) mass is 1000 g/mol. The molecule has 1 N–H and O–H groups in total. The molecule has 0 fully saturated rings. The summed E-state index contributed by atoms with van der Waals surface area (Å²) in [5.74, 6) is -2.01. The highest BCUT2D eigenvalue weighted by Gasteiger charge is 2.25. The van der Waals surface area contributed by atoms with Crippen molar-refractivity contribution < 1.29 is 42.9 Å². The first kappa shape index (κ1) is 68.2. The van der Waals surface area contributed by atoms with Crippen LogP contribution in [0.15, 0.2) is 48.6 Å². The zero-order valence-corrected chi connectivity index (χ0v) is 47.1. The van der Waals surface area contributed by atoms with Crippen molar-refractivity contribution in [1.82, 2.24) is 0 Å². The fraction of sp³-hybridized carbons (Fsp3) is 0.823. The molecule has 0 amide bonds. The fourth-order valence-corrected chi connectivity index (χ4v) is 8.43. The number of rotatable bonds is 55. The molecule has 0 aromatic rings. The lowest BCUT2D eigenvalue weighted by molar-refractivity contribution is -0.870. The minimum Gasteiger partial charge on any atom is -0.477 e. The third kappa shape index (κ3) is 54.9. The number of hydrogen-bond donors (Lipinski definition) is 1. The number of nitrogens with zero attached hydrogens (tertiary/aromatic N) is 1. The largest absolute Gasteiger partial charge is 0.477 e. The number of carboxylic acids is 1. The molecule has 0 bridgehead atoms. The number of quaternary nitrogens is 1. The van der Waals surface area contributed by atoms with Crippen LogP contribution in [-0.2, 0) is 33.3 Å². The Hall–Kier alpha value is -2.75. The molecule has 0 rings (SSSR count). The van der Waals surface area contributed by atoms with E-state index in [0.29, 0.717) is 23.9 Å². The van der Waals surface area contributed by atoms with Gasteiger partial charge in [0.1, 0.15) is 13.2 Å². The van der Waals surface area contributed by atoms with Gasteiger partial charge in [-0.15, -0.1) is 0 Å². The highest BCUT2D eigenvalue weighted by Crippen LogP contribution is 2.16. The van der Waals surface area contributed by atoms with Crippen molar-refractivity contribution in [3.05, 3.63) is 48.6 Å². The molecular formula is C62H114NO8+. The summed E-state index contributed by atoms with van der Waals surface area (Å²) in [4.78, 5) is 37.4. The Labute approximate surface area is 438 Å². The van der Waals surface area contributed by atoms with Crippen LogP contribution < -0.4 is 0 Å². The van der Waals surface area contributed by atoms with E-state index in [9.17, 15) is 19.5 Å². The van der Waals surface area contributed by atoms with E-state index in [4.69, 9.17) is 18.9 Å². The maximum Gasteiger partial charge on any atom is 0.361 e. The smallest absolute Gasteiger partial charge is 0.361 e. The van der Waals surface area contributed by atoms with Crippen molar-refractivity contribution in [2.75, 3.05) is 47.5 Å². The summed E-state index contributed by atoms with van der Waals surface area (Å²) in [5.41, 5.74) is 0. The number of carbonyl (C=O) groups excluding carboxylic acids is 2. The molecule has 0 aliphatic rings. The normalized spacial score (nSPS) is 13.1. The van der Waals surface area contributed by atoms with Gasteiger partial charge in [0.05, 0.1) is 34.4 Å². The molecule has 0 saturated heterocycles. The number of likely N-dealkylation sites (N-methyl/N-ethyl adjacent to an activating group) is 1. The Balaban J connectivity index is 4.24. The van der Waals surface area contributed by atoms with Gasteiger partial charge in [-0.05, 0) is 77.0 Å². The predicted octanol–water partition coefficient (Wildman–Crippen LogP) is 17.5. The van der Waals surface area contributed by atoms with Crippen LogP contribution in [0.2, 0.25) is 0 Å². The van der Waals surface area contributed by atoms with E-state index in [2.05, 4.69) is 62.5 Å². The molecule has 0 aromatic heterocycles. The Morgan fingerprint density at radius 3 is 1.14 bits per heavy atom. The highest BCUT2D eigenvalue weighted by atomic mass is 16.7. The van der Waals surface area contributed by atoms with Crippen LogP contribution in [-0.4, -0.2) is 87.4 Å². The molecule has 0 aromatic carbocycles. The summed E-state index contributed by atoms with van der Waals surface area (Å²) < 4.78 is 22.9. The molecule has 0 heterocycles. The first-order valence-corrected chi connectivity index (χ1v) is 29.8. The van der Waals surface area contributed by atoms with Crippen molar-refractivity contribution >= 4 is 17.9 Å². The fourth-order valence-electron chi connectivity index (χ4n) is 8.43. The van der Waals surface area contributed by atoms with Crippen molar-refractivity contribution in [3.8, 4) is 0 Å². The van der Waals surface area contributed by atoms with Gasteiger partial charge in [-0.1, -0.05) is 229 Å². The van der Waals surface area contributed by atoms with Gasteiger partial charge < -0.3 is 28.5 Å². The number of carboxylic acid groups (broad SMARTS) is 1. The van der Waals surface area contributed by atoms with E-state index in [-0.39, 0.29) is 32.2 Å². The number of unbranched alkanes of at least 4 members (excludes halogenated alkanes) is 32. The number of esters is 2. The zero-order valence-electron chi connectivity index (χ0n) is 47.1. The van der Waals surface area contributed by atoms with Gasteiger partial charge in [0.15, 0.2) is 6.10 Å². The first-order chi connectivity index (χ1) is 34.6. The van der Waals surface area contributed by atoms with E-state index >= 15 is 0 Å². The average Bonchev–Trinajstić information content (AvgIpc) is 3.34. The molecule has 0 spiro atoms. The Morgan fingerprint density at radius 1 is 0.423 bits per heavy atom. The molecule has 0 aliphatic heterocycles. The summed E-state index contributed by atoms with van der Waals surface area (Å²) >= 11 is 0. The molecule has 0 saturated carbocycles. The summed E-state index contributed by atoms with van der Waals surface area (Å²) in [7, 11) is 5.97. The Morgan fingerprint density at radius 2 is 0.761 bits per heavy atom. The van der Waals surface area contributed by atoms with Gasteiger partial charge in [0, 0.05) is 12.8 Å². The van der Waals surface area contributed by atoms with Gasteiger partial charge in [-0.2, -0.15) is 0 Å². The highest BCUT2D eigenvalue weighted by molar-refractivity contribution is 5.71. The molecule has 2 atom stereocenters. The lowest BCUT2D eigenvalue weighted by atomic mass is 10.0. The minimum absolute atomic E-state index is 0.184. The number of carbonyl (C=O) groups is 3. The standard InChI is InChI=1S/C62H113NO8/c1-6-8-10-12-14-16-18-20-22-24-26-28-29-30-31-33-34-36-38-40-42-44-46-48-50-52-59(64)69-56-58(57-70-62(61(66)67)68-55-54-63(3,4)5)71-60(65)53-51-49-47-45-43-41-39-37-35-32-27-25-23-21-19-17-15-13-11-9-7-2/h19,21,24-27,35,37,58,62H,6-18,20,22-23,28-34,36,38-57H2,1-5H3/p+1/b21-19-,26-24-,27-25-,37-35-. The van der Waals surface area contributed by atoms with Gasteiger partial charge in [-0.25, -0.2) is 4.79 Å². The maximum atomic E-state index is 12.9. The first-order valence-electron chi connectivity index (χ1n) is 29.8. The van der Waals surface area contributed by atoms with Crippen LogP contribution in [0.1, 0.15) is 271 Å². The van der Waals surface area contributed by atoms with E-state index in [1.165, 1.54) is 180 Å². The third-order valence-electron chi connectivity index (χ3n) is 13.1. The van der Waals surface area contributed by atoms with Gasteiger partial charge in [-0.3, -0.25) is 9.59 Å². The SMILES string of the molecule is CCCCCCC/C=C\C/C=C\C/C=C\CCCCCCCCC(=O)OC(COC(=O)CCCCCCCCCCCCCCC/C=C\CCCCCCCCCC)COC(OCC[N+](C)(C)C)C(=O)O. The van der Waals surface area contributed by atoms with Gasteiger partial charge in [0.25, 0.3) is 6.29 Å². The average molecular weight is 1000 g/mol. The third-order valence-corrected chi connectivity index (χ3v) is 13.1. The van der Waals surface area contributed by atoms with Crippen LogP contribution in [0, 0.1) is 0 Å². The summed E-state index contributed by atoms with van der Waals surface area (Å²) in [6.45, 7) is 4.88. The second-order valence-electron chi connectivity index (χ2n) is 21.3. The van der Waals surface area contributed by atoms with E-state index in [1.807, 2.05) is 21.1 Å². The number of allylic oxidation sites excluding steroid dienone is 8. The Kier molecular flexibility index (Phi) is 51.5. The van der Waals surface area contributed by atoms with Crippen LogP contribution in [0.4, 0.5) is 0 Å². The van der Waals surface area contributed by atoms with Crippen LogP contribution >= 0.6 is 0 Å². The van der Waals surface area contributed by atoms with Crippen molar-refractivity contribution in [2.45, 2.75) is 283 Å². The molecule has 9 heteroatoms.